The predicted octanol–water partition coefficient (Wildman–Crippen LogP) is 1.66. The first-order valence-corrected chi connectivity index (χ1v) is 8.16. The molecule has 2 saturated heterocycles. The zero-order valence-corrected chi connectivity index (χ0v) is 12.4. The SMILES string of the molecule is CCc1ncc(CNCC2CN3CCCC3CO2)s1. The molecule has 4 nitrogen and oxygen atoms in total. The van der Waals surface area contributed by atoms with Crippen LogP contribution in [0, 0.1) is 0 Å². The molecule has 2 atom stereocenters. The third kappa shape index (κ3) is 3.34. The van der Waals surface area contributed by atoms with Gasteiger partial charge in [-0.3, -0.25) is 4.90 Å². The lowest BCUT2D eigenvalue weighted by molar-refractivity contribution is -0.0470. The molecule has 2 fully saturated rings. The molecule has 2 aliphatic heterocycles. The molecular formula is C14H23N3OS. The highest BCUT2D eigenvalue weighted by Crippen LogP contribution is 2.22. The normalized spacial score (nSPS) is 27.6. The van der Waals surface area contributed by atoms with Gasteiger partial charge in [0.15, 0.2) is 0 Å². The fourth-order valence-corrected chi connectivity index (χ4v) is 3.79. The van der Waals surface area contributed by atoms with Gasteiger partial charge in [0.25, 0.3) is 0 Å². The Balaban J connectivity index is 1.40. The van der Waals surface area contributed by atoms with Crippen LogP contribution in [0.4, 0.5) is 0 Å². The Morgan fingerprint density at radius 3 is 3.37 bits per heavy atom. The van der Waals surface area contributed by atoms with E-state index in [0.29, 0.717) is 12.1 Å². The summed E-state index contributed by atoms with van der Waals surface area (Å²) >= 11 is 1.81. The third-order valence-electron chi connectivity index (χ3n) is 4.04. The number of nitrogens with one attached hydrogen (secondary N) is 1. The van der Waals surface area contributed by atoms with Crippen LogP contribution in [0.15, 0.2) is 6.20 Å². The summed E-state index contributed by atoms with van der Waals surface area (Å²) in [5.41, 5.74) is 0. The van der Waals surface area contributed by atoms with E-state index in [0.717, 1.165) is 32.7 Å². The van der Waals surface area contributed by atoms with Crippen molar-refractivity contribution in [3.05, 3.63) is 16.1 Å². The molecular weight excluding hydrogens is 258 g/mol. The number of aryl methyl sites for hydroxylation is 1. The van der Waals surface area contributed by atoms with E-state index >= 15 is 0 Å². The van der Waals surface area contributed by atoms with Crippen LogP contribution in [0.25, 0.3) is 0 Å². The van der Waals surface area contributed by atoms with E-state index in [-0.39, 0.29) is 0 Å². The first kappa shape index (κ1) is 13.5. The molecule has 106 valence electrons. The van der Waals surface area contributed by atoms with E-state index in [2.05, 4.69) is 22.1 Å². The van der Waals surface area contributed by atoms with Gasteiger partial charge >= 0.3 is 0 Å². The minimum absolute atomic E-state index is 0.355. The highest BCUT2D eigenvalue weighted by Gasteiger charge is 2.31. The Bertz CT molecular complexity index is 409. The number of hydrogen-bond donors (Lipinski definition) is 1. The molecule has 2 aliphatic rings. The molecule has 0 radical (unpaired) electrons. The second-order valence-corrected chi connectivity index (χ2v) is 6.65. The Kier molecular flexibility index (Phi) is 4.48. The minimum atomic E-state index is 0.355. The number of thiazole rings is 1. The van der Waals surface area contributed by atoms with Crippen LogP contribution in [-0.4, -0.2) is 48.3 Å². The quantitative estimate of drug-likeness (QED) is 0.891. The summed E-state index contributed by atoms with van der Waals surface area (Å²) in [6.07, 6.45) is 6.05. The van der Waals surface area contributed by atoms with Crippen LogP contribution in [0.1, 0.15) is 29.7 Å². The zero-order valence-electron chi connectivity index (χ0n) is 11.6. The second kappa shape index (κ2) is 6.31. The number of nitrogens with zero attached hydrogens (tertiary/aromatic N) is 2. The molecule has 0 spiro atoms. The highest BCUT2D eigenvalue weighted by atomic mass is 32.1. The monoisotopic (exact) mass is 281 g/mol. The van der Waals surface area contributed by atoms with Crippen LogP contribution in [-0.2, 0) is 17.7 Å². The summed E-state index contributed by atoms with van der Waals surface area (Å²) in [6.45, 7) is 7.30. The summed E-state index contributed by atoms with van der Waals surface area (Å²) in [4.78, 5) is 8.30. The standard InChI is InChI=1S/C14H23N3OS/c1-2-14-16-8-13(19-14)7-15-6-12-9-17-5-3-4-11(17)10-18-12/h8,11-12,15H,2-7,9-10H2,1H3. The van der Waals surface area contributed by atoms with Crippen molar-refractivity contribution in [2.45, 2.75) is 44.9 Å². The van der Waals surface area contributed by atoms with Crippen molar-refractivity contribution in [3.63, 3.8) is 0 Å². The van der Waals surface area contributed by atoms with E-state index in [4.69, 9.17) is 4.74 Å². The number of morpholine rings is 1. The molecule has 19 heavy (non-hydrogen) atoms. The third-order valence-corrected chi connectivity index (χ3v) is 5.18. The van der Waals surface area contributed by atoms with Crippen molar-refractivity contribution < 1.29 is 4.74 Å². The van der Waals surface area contributed by atoms with Gasteiger partial charge in [0, 0.05) is 36.8 Å². The fourth-order valence-electron chi connectivity index (χ4n) is 2.96. The first-order valence-electron chi connectivity index (χ1n) is 7.35. The van der Waals surface area contributed by atoms with Crippen LogP contribution in [0.2, 0.25) is 0 Å². The number of rotatable bonds is 5. The van der Waals surface area contributed by atoms with Gasteiger partial charge in [0.05, 0.1) is 17.7 Å². The lowest BCUT2D eigenvalue weighted by atomic mass is 10.2. The van der Waals surface area contributed by atoms with Crippen molar-refractivity contribution in [3.8, 4) is 0 Å². The van der Waals surface area contributed by atoms with E-state index in [1.807, 2.05) is 17.5 Å². The van der Waals surface area contributed by atoms with Crippen LogP contribution < -0.4 is 5.32 Å². The molecule has 0 saturated carbocycles. The average molecular weight is 281 g/mol. The summed E-state index contributed by atoms with van der Waals surface area (Å²) in [6, 6.07) is 0.699. The topological polar surface area (TPSA) is 37.4 Å². The van der Waals surface area contributed by atoms with Crippen molar-refractivity contribution in [1.82, 2.24) is 15.2 Å². The predicted molar refractivity (Wildman–Crippen MR) is 77.5 cm³/mol. The molecule has 0 aliphatic carbocycles. The van der Waals surface area contributed by atoms with Gasteiger partial charge in [0.2, 0.25) is 0 Å². The molecule has 5 heteroatoms. The van der Waals surface area contributed by atoms with E-state index in [9.17, 15) is 0 Å². The molecule has 1 aromatic rings. The molecule has 0 aromatic carbocycles. The summed E-state index contributed by atoms with van der Waals surface area (Å²) in [7, 11) is 0. The number of aromatic nitrogens is 1. The van der Waals surface area contributed by atoms with Gasteiger partial charge in [-0.05, 0) is 25.8 Å². The summed E-state index contributed by atoms with van der Waals surface area (Å²) in [5.74, 6) is 0. The van der Waals surface area contributed by atoms with Crippen molar-refractivity contribution in [2.24, 2.45) is 0 Å². The molecule has 3 rings (SSSR count). The van der Waals surface area contributed by atoms with Crippen LogP contribution in [0.3, 0.4) is 0 Å². The average Bonchev–Trinajstić information content (AvgIpc) is 3.06. The number of ether oxygens (including phenoxy) is 1. The van der Waals surface area contributed by atoms with Crippen molar-refractivity contribution >= 4 is 11.3 Å². The lowest BCUT2D eigenvalue weighted by Gasteiger charge is -2.35. The zero-order chi connectivity index (χ0) is 13.1. The van der Waals surface area contributed by atoms with Gasteiger partial charge in [-0.2, -0.15) is 0 Å². The Labute approximate surface area is 119 Å². The maximum absolute atomic E-state index is 5.94. The minimum Gasteiger partial charge on any atom is -0.374 e. The van der Waals surface area contributed by atoms with Gasteiger partial charge in [-0.25, -0.2) is 4.98 Å². The van der Waals surface area contributed by atoms with Crippen molar-refractivity contribution in [1.29, 1.82) is 0 Å². The van der Waals surface area contributed by atoms with E-state index in [1.54, 1.807) is 0 Å². The Morgan fingerprint density at radius 1 is 1.58 bits per heavy atom. The molecule has 2 unspecified atom stereocenters. The van der Waals surface area contributed by atoms with Crippen molar-refractivity contribution in [2.75, 3.05) is 26.2 Å². The van der Waals surface area contributed by atoms with Gasteiger partial charge < -0.3 is 10.1 Å². The number of fused-ring (bicyclic) bond motifs is 1. The molecule has 1 N–H and O–H groups in total. The Hall–Kier alpha value is -0.490. The van der Waals surface area contributed by atoms with E-state index in [1.165, 1.54) is 29.3 Å². The van der Waals surface area contributed by atoms with Gasteiger partial charge in [0.1, 0.15) is 0 Å². The first-order chi connectivity index (χ1) is 9.35. The Morgan fingerprint density at radius 2 is 2.53 bits per heavy atom. The van der Waals surface area contributed by atoms with E-state index < -0.39 is 0 Å². The van der Waals surface area contributed by atoms with Crippen LogP contribution in [0.5, 0.6) is 0 Å². The van der Waals surface area contributed by atoms with Gasteiger partial charge in [-0.15, -0.1) is 11.3 Å². The highest BCUT2D eigenvalue weighted by molar-refractivity contribution is 7.11. The summed E-state index contributed by atoms with van der Waals surface area (Å²) < 4.78 is 5.94. The maximum Gasteiger partial charge on any atom is 0.0925 e. The molecule has 1 aromatic heterocycles. The van der Waals surface area contributed by atoms with Crippen LogP contribution >= 0.6 is 11.3 Å². The van der Waals surface area contributed by atoms with Gasteiger partial charge in [-0.1, -0.05) is 6.92 Å². The maximum atomic E-state index is 5.94. The molecule has 0 amide bonds. The molecule has 0 bridgehead atoms. The molecule has 3 heterocycles. The smallest absolute Gasteiger partial charge is 0.0925 e. The second-order valence-electron chi connectivity index (χ2n) is 5.45. The number of hydrogen-bond acceptors (Lipinski definition) is 5. The largest absolute Gasteiger partial charge is 0.374 e. The fraction of sp³-hybridized carbons (Fsp3) is 0.786. The summed E-state index contributed by atoms with van der Waals surface area (Å²) in [5, 5.41) is 4.73. The lowest BCUT2D eigenvalue weighted by Crippen LogP contribution is -2.49.